The highest BCUT2D eigenvalue weighted by molar-refractivity contribution is 5.87. The molecule has 2 atom stereocenters. The van der Waals surface area contributed by atoms with E-state index in [1.54, 1.807) is 19.1 Å². The molecule has 0 bridgehead atoms. The summed E-state index contributed by atoms with van der Waals surface area (Å²) in [5.74, 6) is 0.821. The third-order valence-electron chi connectivity index (χ3n) is 8.04. The van der Waals surface area contributed by atoms with E-state index in [4.69, 9.17) is 18.9 Å². The molecule has 2 amide bonds. The van der Waals surface area contributed by atoms with E-state index in [1.807, 2.05) is 63.2 Å². The maximum Gasteiger partial charge on any atom is 0.329 e. The van der Waals surface area contributed by atoms with E-state index in [-0.39, 0.29) is 38.2 Å². The molecule has 2 saturated carbocycles. The molecule has 0 aliphatic heterocycles. The molecule has 4 rings (SSSR count). The summed E-state index contributed by atoms with van der Waals surface area (Å²) in [7, 11) is 3.28. The van der Waals surface area contributed by atoms with Gasteiger partial charge in [0.2, 0.25) is 0 Å². The number of methoxy groups -OCH3 is 2. The van der Waals surface area contributed by atoms with Crippen molar-refractivity contribution in [1.82, 2.24) is 10.2 Å². The number of nitrogens with one attached hydrogen (secondary N) is 1. The molecule has 2 fully saturated rings. The van der Waals surface area contributed by atoms with E-state index >= 15 is 0 Å². The third-order valence-corrected chi connectivity index (χ3v) is 8.04. The minimum atomic E-state index is -1.36. The highest BCUT2D eigenvalue weighted by atomic mass is 16.5. The first-order valence-corrected chi connectivity index (χ1v) is 14.1. The molecule has 2 N–H and O–H groups in total. The van der Waals surface area contributed by atoms with Crippen LogP contribution in [0.4, 0.5) is 4.79 Å². The average Bonchev–Trinajstić information content (AvgIpc) is 3.78. The first-order valence-electron chi connectivity index (χ1n) is 14.1. The molecule has 2 aliphatic rings. The second kappa shape index (κ2) is 12.9. The van der Waals surface area contributed by atoms with Crippen LogP contribution in [-0.2, 0) is 14.3 Å². The Morgan fingerprint density at radius 2 is 1.68 bits per heavy atom. The number of hydrogen-bond donors (Lipinski definition) is 2. The van der Waals surface area contributed by atoms with Gasteiger partial charge in [0.05, 0.1) is 39.1 Å². The number of nitrogens with zero attached hydrogens (tertiary/aromatic N) is 1. The number of carbonyl (C=O) groups is 2. The Labute approximate surface area is 236 Å². The lowest BCUT2D eigenvalue weighted by molar-refractivity contribution is -0.156. The van der Waals surface area contributed by atoms with Crippen molar-refractivity contribution >= 4 is 12.0 Å². The van der Waals surface area contributed by atoms with Crippen LogP contribution in [0.25, 0.3) is 0 Å². The second-order valence-electron chi connectivity index (χ2n) is 10.7. The number of carboxylic acid groups (broad SMARTS) is 1. The van der Waals surface area contributed by atoms with Gasteiger partial charge in [-0.1, -0.05) is 30.3 Å². The average molecular weight is 555 g/mol. The normalized spacial score (nSPS) is 21.6. The van der Waals surface area contributed by atoms with Crippen LogP contribution in [0.5, 0.6) is 11.5 Å². The second-order valence-corrected chi connectivity index (χ2v) is 10.7. The van der Waals surface area contributed by atoms with Crippen LogP contribution in [0.2, 0.25) is 0 Å². The van der Waals surface area contributed by atoms with E-state index < -0.39 is 23.6 Å². The highest BCUT2D eigenvalue weighted by Gasteiger charge is 2.53. The van der Waals surface area contributed by atoms with Crippen molar-refractivity contribution in [1.29, 1.82) is 0 Å². The van der Waals surface area contributed by atoms with Crippen molar-refractivity contribution in [3.05, 3.63) is 59.2 Å². The number of carbonyl (C=O) groups excluding carboxylic acids is 1. The minimum absolute atomic E-state index is 0.164. The van der Waals surface area contributed by atoms with Gasteiger partial charge in [-0.05, 0) is 62.8 Å². The number of rotatable bonds is 14. The standard InChI is InChI=1S/C31H42N2O7/c1-6-39-25-18-31(19-25,29(34)35)32-30(36)33(14-15-40-21(3)22-10-8-7-9-11-22)20(2)24-16-26(37-4)28(23-12-13-23)27(17-24)38-5/h7-11,16-17,20-21,23,25H,6,12-15,18-19H2,1-5H3,(H,32,36)(H,34,35). The molecule has 0 spiro atoms. The topological polar surface area (TPSA) is 107 Å². The molecule has 9 heteroatoms. The van der Waals surface area contributed by atoms with Crippen LogP contribution in [0.1, 0.15) is 81.2 Å². The van der Waals surface area contributed by atoms with Crippen LogP contribution < -0.4 is 14.8 Å². The smallest absolute Gasteiger partial charge is 0.329 e. The minimum Gasteiger partial charge on any atom is -0.496 e. The summed E-state index contributed by atoms with van der Waals surface area (Å²) >= 11 is 0. The van der Waals surface area contributed by atoms with Crippen molar-refractivity contribution in [3.8, 4) is 11.5 Å². The van der Waals surface area contributed by atoms with E-state index in [2.05, 4.69) is 5.32 Å². The van der Waals surface area contributed by atoms with E-state index in [9.17, 15) is 14.7 Å². The van der Waals surface area contributed by atoms with Crippen molar-refractivity contribution in [3.63, 3.8) is 0 Å². The van der Waals surface area contributed by atoms with E-state index in [0.717, 1.165) is 41.0 Å². The maximum atomic E-state index is 13.8. The summed E-state index contributed by atoms with van der Waals surface area (Å²) in [5.41, 5.74) is 1.56. The number of benzene rings is 2. The van der Waals surface area contributed by atoms with Gasteiger partial charge in [0.1, 0.15) is 17.0 Å². The summed E-state index contributed by atoms with van der Waals surface area (Å²) in [5, 5.41) is 12.8. The zero-order chi connectivity index (χ0) is 28.9. The summed E-state index contributed by atoms with van der Waals surface area (Å²) in [4.78, 5) is 27.6. The first-order chi connectivity index (χ1) is 19.2. The van der Waals surface area contributed by atoms with Crippen molar-refractivity contribution in [2.45, 2.75) is 76.2 Å². The maximum absolute atomic E-state index is 13.8. The summed E-state index contributed by atoms with van der Waals surface area (Å²) in [6.07, 6.45) is 2.28. The Kier molecular flexibility index (Phi) is 9.58. The number of hydrogen-bond acceptors (Lipinski definition) is 6. The lowest BCUT2D eigenvalue weighted by Gasteiger charge is -2.45. The Morgan fingerprint density at radius 1 is 1.05 bits per heavy atom. The number of ether oxygens (including phenoxy) is 4. The zero-order valence-electron chi connectivity index (χ0n) is 24.1. The fourth-order valence-corrected chi connectivity index (χ4v) is 5.45. The number of urea groups is 1. The van der Waals surface area contributed by atoms with Crippen LogP contribution in [-0.4, -0.2) is 67.6 Å². The van der Waals surface area contributed by atoms with Crippen LogP contribution in [0.15, 0.2) is 42.5 Å². The zero-order valence-corrected chi connectivity index (χ0v) is 24.1. The molecule has 2 unspecified atom stereocenters. The third kappa shape index (κ3) is 6.53. The van der Waals surface area contributed by atoms with E-state index in [0.29, 0.717) is 12.5 Å². The molecule has 40 heavy (non-hydrogen) atoms. The van der Waals surface area contributed by atoms with Gasteiger partial charge in [0.25, 0.3) is 0 Å². The van der Waals surface area contributed by atoms with Gasteiger partial charge in [-0.2, -0.15) is 0 Å². The van der Waals surface area contributed by atoms with Gasteiger partial charge in [-0.3, -0.25) is 0 Å². The predicted molar refractivity (Wildman–Crippen MR) is 151 cm³/mol. The summed E-state index contributed by atoms with van der Waals surface area (Å²) in [6.45, 7) is 6.78. The summed E-state index contributed by atoms with van der Waals surface area (Å²) < 4.78 is 23.2. The molecule has 9 nitrogen and oxygen atoms in total. The molecular weight excluding hydrogens is 512 g/mol. The fraction of sp³-hybridized carbons (Fsp3) is 0.548. The van der Waals surface area contributed by atoms with Gasteiger partial charge in [0.15, 0.2) is 0 Å². The van der Waals surface area contributed by atoms with Gasteiger partial charge in [-0.25, -0.2) is 9.59 Å². The van der Waals surface area contributed by atoms with Crippen molar-refractivity contribution in [2.24, 2.45) is 0 Å². The SMILES string of the molecule is CCOC1CC(NC(=O)N(CCOC(C)c2ccccc2)C(C)c2cc(OC)c(C3CC3)c(OC)c2)(C(=O)O)C1. The quantitative estimate of drug-likeness (QED) is 0.320. The Hall–Kier alpha value is -3.30. The van der Waals surface area contributed by atoms with Crippen molar-refractivity contribution in [2.75, 3.05) is 34.0 Å². The summed E-state index contributed by atoms with van der Waals surface area (Å²) in [6, 6.07) is 12.9. The van der Waals surface area contributed by atoms with Gasteiger partial charge in [-0.15, -0.1) is 0 Å². The lowest BCUT2D eigenvalue weighted by Crippen LogP contribution is -2.66. The molecule has 0 aromatic heterocycles. The molecule has 218 valence electrons. The Balaban J connectivity index is 1.56. The lowest BCUT2D eigenvalue weighted by atomic mass is 9.74. The molecule has 2 aromatic rings. The monoisotopic (exact) mass is 554 g/mol. The molecule has 0 heterocycles. The van der Waals surface area contributed by atoms with Gasteiger partial charge >= 0.3 is 12.0 Å². The fourth-order valence-electron chi connectivity index (χ4n) is 5.45. The van der Waals surface area contributed by atoms with Gasteiger partial charge < -0.3 is 34.3 Å². The number of carboxylic acids is 1. The van der Waals surface area contributed by atoms with Crippen molar-refractivity contribution < 1.29 is 33.6 Å². The largest absolute Gasteiger partial charge is 0.496 e. The van der Waals surface area contributed by atoms with E-state index in [1.165, 1.54) is 0 Å². The molecule has 2 aliphatic carbocycles. The number of aliphatic carboxylic acids is 1. The van der Waals surface area contributed by atoms with Crippen LogP contribution in [0, 0.1) is 0 Å². The molecule has 0 radical (unpaired) electrons. The first kappa shape index (κ1) is 29.7. The molecule has 2 aromatic carbocycles. The van der Waals surface area contributed by atoms with Gasteiger partial charge in [0, 0.05) is 31.6 Å². The number of amides is 2. The Bertz CT molecular complexity index is 1140. The predicted octanol–water partition coefficient (Wildman–Crippen LogP) is 5.45. The Morgan fingerprint density at radius 3 is 2.20 bits per heavy atom. The molecular formula is C31H42N2O7. The highest BCUT2D eigenvalue weighted by Crippen LogP contribution is 2.50. The van der Waals surface area contributed by atoms with Crippen LogP contribution >= 0.6 is 0 Å². The molecule has 0 saturated heterocycles. The van der Waals surface area contributed by atoms with Crippen LogP contribution in [0.3, 0.4) is 0 Å².